The lowest BCUT2D eigenvalue weighted by Crippen LogP contribution is -2.31. The van der Waals surface area contributed by atoms with E-state index in [1.54, 1.807) is 47.3 Å². The summed E-state index contributed by atoms with van der Waals surface area (Å²) in [7, 11) is 0. The van der Waals surface area contributed by atoms with Crippen molar-refractivity contribution in [2.24, 2.45) is 0 Å². The number of hydrogen-bond acceptors (Lipinski definition) is 4. The van der Waals surface area contributed by atoms with Crippen LogP contribution in [0.4, 0.5) is 5.82 Å². The Kier molecular flexibility index (Phi) is 5.40. The van der Waals surface area contributed by atoms with E-state index < -0.39 is 6.10 Å². The standard InChI is InChI=1S/C18H18ClN3O2S/c1-12-10-14(5-6-16(12)19)24-13(2)18(23)21-17-7-8-20-22(17)11-15-4-3-9-25-15/h3-10,13H,11H2,1-2H3,(H,21,23). The molecule has 0 bridgehead atoms. The van der Waals surface area contributed by atoms with Crippen molar-refractivity contribution in [2.45, 2.75) is 26.5 Å². The summed E-state index contributed by atoms with van der Waals surface area (Å²) in [5.74, 6) is 1.01. The summed E-state index contributed by atoms with van der Waals surface area (Å²) in [4.78, 5) is 13.6. The number of thiophene rings is 1. The topological polar surface area (TPSA) is 56.1 Å². The normalized spacial score (nSPS) is 12.0. The van der Waals surface area contributed by atoms with Crippen molar-refractivity contribution in [1.82, 2.24) is 9.78 Å². The van der Waals surface area contributed by atoms with E-state index in [2.05, 4.69) is 10.4 Å². The number of nitrogens with zero attached hydrogens (tertiary/aromatic N) is 2. The fourth-order valence-electron chi connectivity index (χ4n) is 2.29. The van der Waals surface area contributed by atoms with Gasteiger partial charge in [-0.3, -0.25) is 4.79 Å². The van der Waals surface area contributed by atoms with E-state index in [0.29, 0.717) is 23.1 Å². The predicted molar refractivity (Wildman–Crippen MR) is 101 cm³/mol. The summed E-state index contributed by atoms with van der Waals surface area (Å²) in [6.07, 6.45) is 1.02. The number of anilines is 1. The zero-order chi connectivity index (χ0) is 17.8. The zero-order valence-corrected chi connectivity index (χ0v) is 15.5. The number of nitrogens with one attached hydrogen (secondary N) is 1. The minimum absolute atomic E-state index is 0.236. The highest BCUT2D eigenvalue weighted by Gasteiger charge is 2.17. The summed E-state index contributed by atoms with van der Waals surface area (Å²) in [6, 6.07) is 11.1. The largest absolute Gasteiger partial charge is 0.481 e. The maximum absolute atomic E-state index is 12.4. The Bertz CT molecular complexity index is 861. The van der Waals surface area contributed by atoms with Gasteiger partial charge < -0.3 is 10.1 Å². The summed E-state index contributed by atoms with van der Waals surface area (Å²) in [6.45, 7) is 4.22. The van der Waals surface area contributed by atoms with Crippen LogP contribution < -0.4 is 10.1 Å². The number of hydrogen-bond donors (Lipinski definition) is 1. The van der Waals surface area contributed by atoms with Crippen LogP contribution in [0.1, 0.15) is 17.4 Å². The number of amides is 1. The molecule has 0 aliphatic rings. The van der Waals surface area contributed by atoms with Gasteiger partial charge in [0.05, 0.1) is 12.7 Å². The van der Waals surface area contributed by atoms with Crippen molar-refractivity contribution in [2.75, 3.05) is 5.32 Å². The third-order valence-corrected chi connectivity index (χ3v) is 4.95. The first-order chi connectivity index (χ1) is 12.0. The van der Waals surface area contributed by atoms with Gasteiger partial charge in [-0.1, -0.05) is 17.7 Å². The predicted octanol–water partition coefficient (Wildman–Crippen LogP) is 4.36. The lowest BCUT2D eigenvalue weighted by Gasteiger charge is -2.16. The van der Waals surface area contributed by atoms with E-state index in [4.69, 9.17) is 16.3 Å². The van der Waals surface area contributed by atoms with Crippen molar-refractivity contribution in [3.8, 4) is 5.75 Å². The van der Waals surface area contributed by atoms with Gasteiger partial charge in [-0.05, 0) is 49.1 Å². The Hall–Kier alpha value is -2.31. The van der Waals surface area contributed by atoms with Gasteiger partial charge >= 0.3 is 0 Å². The molecule has 3 rings (SSSR count). The van der Waals surface area contributed by atoms with Crippen molar-refractivity contribution in [1.29, 1.82) is 0 Å². The number of carbonyl (C=O) groups is 1. The fraction of sp³-hybridized carbons (Fsp3) is 0.222. The quantitative estimate of drug-likeness (QED) is 0.696. The summed E-state index contributed by atoms with van der Waals surface area (Å²) in [5.41, 5.74) is 0.904. The molecule has 1 aromatic carbocycles. The Morgan fingerprint density at radius 1 is 1.40 bits per heavy atom. The molecule has 2 heterocycles. The summed E-state index contributed by atoms with van der Waals surface area (Å²) < 4.78 is 7.46. The first kappa shape index (κ1) is 17.5. The average Bonchev–Trinajstić information content (AvgIpc) is 3.24. The van der Waals surface area contributed by atoms with Gasteiger partial charge in [-0.15, -0.1) is 11.3 Å². The molecule has 3 aromatic rings. The number of halogens is 1. The Balaban J connectivity index is 1.63. The number of aromatic nitrogens is 2. The van der Waals surface area contributed by atoms with Crippen LogP contribution in [0.5, 0.6) is 5.75 Å². The number of aryl methyl sites for hydroxylation is 1. The third-order valence-electron chi connectivity index (χ3n) is 3.67. The summed E-state index contributed by atoms with van der Waals surface area (Å²) in [5, 5.41) is 9.81. The van der Waals surface area contributed by atoms with E-state index in [1.807, 2.05) is 30.5 Å². The first-order valence-corrected chi connectivity index (χ1v) is 9.06. The fourth-order valence-corrected chi connectivity index (χ4v) is 3.09. The van der Waals surface area contributed by atoms with Gasteiger partial charge in [0.25, 0.3) is 5.91 Å². The van der Waals surface area contributed by atoms with Gasteiger partial charge in [-0.2, -0.15) is 5.10 Å². The molecule has 7 heteroatoms. The molecule has 1 N–H and O–H groups in total. The molecule has 0 spiro atoms. The Labute approximate surface area is 155 Å². The number of ether oxygens (including phenoxy) is 1. The molecule has 0 radical (unpaired) electrons. The SMILES string of the molecule is Cc1cc(OC(C)C(=O)Nc2ccnn2Cc2cccs2)ccc1Cl. The Morgan fingerprint density at radius 3 is 2.96 bits per heavy atom. The van der Waals surface area contributed by atoms with Gasteiger partial charge in [-0.25, -0.2) is 4.68 Å². The second-order valence-electron chi connectivity index (χ2n) is 5.61. The van der Waals surface area contributed by atoms with Crippen LogP contribution in [-0.4, -0.2) is 21.8 Å². The molecular formula is C18H18ClN3O2S. The molecule has 1 amide bonds. The molecule has 0 aliphatic carbocycles. The molecule has 5 nitrogen and oxygen atoms in total. The van der Waals surface area contributed by atoms with Crippen LogP contribution >= 0.6 is 22.9 Å². The maximum atomic E-state index is 12.4. The van der Waals surface area contributed by atoms with Crippen LogP contribution in [0.3, 0.4) is 0 Å². The molecule has 0 fully saturated rings. The van der Waals surface area contributed by atoms with E-state index in [9.17, 15) is 4.79 Å². The lowest BCUT2D eigenvalue weighted by atomic mass is 10.2. The van der Waals surface area contributed by atoms with Crippen LogP contribution in [-0.2, 0) is 11.3 Å². The van der Waals surface area contributed by atoms with E-state index in [0.717, 1.165) is 5.56 Å². The van der Waals surface area contributed by atoms with Gasteiger partial charge in [0.2, 0.25) is 0 Å². The van der Waals surface area contributed by atoms with Crippen LogP contribution in [0.25, 0.3) is 0 Å². The van der Waals surface area contributed by atoms with E-state index >= 15 is 0 Å². The monoisotopic (exact) mass is 375 g/mol. The highest BCUT2D eigenvalue weighted by Crippen LogP contribution is 2.22. The van der Waals surface area contributed by atoms with Crippen LogP contribution in [0.2, 0.25) is 5.02 Å². The Morgan fingerprint density at radius 2 is 2.24 bits per heavy atom. The third kappa shape index (κ3) is 4.41. The molecule has 25 heavy (non-hydrogen) atoms. The minimum Gasteiger partial charge on any atom is -0.481 e. The minimum atomic E-state index is -0.648. The molecule has 130 valence electrons. The van der Waals surface area contributed by atoms with Crippen molar-refractivity contribution >= 4 is 34.7 Å². The van der Waals surface area contributed by atoms with Crippen molar-refractivity contribution in [3.05, 3.63) is 63.4 Å². The highest BCUT2D eigenvalue weighted by molar-refractivity contribution is 7.09. The number of rotatable bonds is 6. The van der Waals surface area contributed by atoms with Crippen LogP contribution in [0, 0.1) is 6.92 Å². The van der Waals surface area contributed by atoms with Crippen LogP contribution in [0.15, 0.2) is 48.0 Å². The number of benzene rings is 1. The zero-order valence-electron chi connectivity index (χ0n) is 13.9. The lowest BCUT2D eigenvalue weighted by molar-refractivity contribution is -0.122. The molecule has 1 unspecified atom stereocenters. The highest BCUT2D eigenvalue weighted by atomic mass is 35.5. The van der Waals surface area contributed by atoms with E-state index in [1.165, 1.54) is 4.88 Å². The van der Waals surface area contributed by atoms with Gasteiger partial charge in [0.15, 0.2) is 6.10 Å². The summed E-state index contributed by atoms with van der Waals surface area (Å²) >= 11 is 7.66. The number of carbonyl (C=O) groups excluding carboxylic acids is 1. The van der Waals surface area contributed by atoms with Crippen molar-refractivity contribution < 1.29 is 9.53 Å². The van der Waals surface area contributed by atoms with Gasteiger partial charge in [0, 0.05) is 16.0 Å². The smallest absolute Gasteiger partial charge is 0.266 e. The second kappa shape index (κ2) is 7.72. The maximum Gasteiger partial charge on any atom is 0.266 e. The second-order valence-corrected chi connectivity index (χ2v) is 7.05. The molecular weight excluding hydrogens is 358 g/mol. The molecule has 2 aromatic heterocycles. The van der Waals surface area contributed by atoms with E-state index in [-0.39, 0.29) is 5.91 Å². The molecule has 0 saturated heterocycles. The molecule has 1 atom stereocenters. The molecule has 0 saturated carbocycles. The average molecular weight is 376 g/mol. The van der Waals surface area contributed by atoms with Gasteiger partial charge in [0.1, 0.15) is 11.6 Å². The first-order valence-electron chi connectivity index (χ1n) is 7.81. The molecule has 0 aliphatic heterocycles. The van der Waals surface area contributed by atoms with Crippen molar-refractivity contribution in [3.63, 3.8) is 0 Å².